The minimum absolute atomic E-state index is 0.0248. The van der Waals surface area contributed by atoms with Crippen LogP contribution in [0.25, 0.3) is 0 Å². The summed E-state index contributed by atoms with van der Waals surface area (Å²) in [7, 11) is 0. The Morgan fingerprint density at radius 3 is 2.32 bits per heavy atom. The second-order valence-corrected chi connectivity index (χ2v) is 5.83. The Morgan fingerprint density at radius 2 is 1.75 bits per heavy atom. The van der Waals surface area contributed by atoms with Crippen LogP contribution in [0.15, 0.2) is 41.6 Å². The van der Waals surface area contributed by atoms with E-state index in [1.807, 2.05) is 0 Å². The molecule has 28 heavy (non-hydrogen) atoms. The van der Waals surface area contributed by atoms with E-state index in [1.165, 1.54) is 4.90 Å². The van der Waals surface area contributed by atoms with Crippen LogP contribution in [0.5, 0.6) is 0 Å². The molecule has 1 atom stereocenters. The molecule has 1 aromatic rings. The largest absolute Gasteiger partial charge is 0.480 e. The van der Waals surface area contributed by atoms with Gasteiger partial charge in [-0.15, -0.1) is 0 Å². The van der Waals surface area contributed by atoms with Gasteiger partial charge >= 0.3 is 17.9 Å². The molecule has 0 radical (unpaired) electrons. The van der Waals surface area contributed by atoms with Gasteiger partial charge in [0.05, 0.1) is 18.8 Å². The zero-order valence-corrected chi connectivity index (χ0v) is 15.6. The number of esters is 2. The first-order valence-electron chi connectivity index (χ1n) is 8.79. The number of carboxylic acid groups (broad SMARTS) is 1. The van der Waals surface area contributed by atoms with Gasteiger partial charge in [-0.2, -0.15) is 0 Å². The van der Waals surface area contributed by atoms with Crippen molar-refractivity contribution >= 4 is 23.8 Å². The van der Waals surface area contributed by atoms with Gasteiger partial charge < -0.3 is 24.8 Å². The Bertz CT molecular complexity index is 789. The van der Waals surface area contributed by atoms with Gasteiger partial charge in [0.25, 0.3) is 5.91 Å². The molecule has 9 nitrogen and oxygen atoms in total. The van der Waals surface area contributed by atoms with Crippen molar-refractivity contribution in [2.24, 2.45) is 0 Å². The first-order chi connectivity index (χ1) is 13.4. The molecule has 2 N–H and O–H groups in total. The summed E-state index contributed by atoms with van der Waals surface area (Å²) < 4.78 is 10.1. The van der Waals surface area contributed by atoms with Crippen LogP contribution in [0.2, 0.25) is 0 Å². The highest BCUT2D eigenvalue weighted by Gasteiger charge is 2.48. The molecule has 9 heteroatoms. The predicted molar refractivity (Wildman–Crippen MR) is 96.7 cm³/mol. The van der Waals surface area contributed by atoms with Crippen LogP contribution in [0.4, 0.5) is 0 Å². The molecule has 1 aliphatic heterocycles. The fourth-order valence-corrected chi connectivity index (χ4v) is 2.84. The molecule has 0 saturated heterocycles. The van der Waals surface area contributed by atoms with Crippen molar-refractivity contribution in [2.45, 2.75) is 26.4 Å². The first-order valence-corrected chi connectivity index (χ1v) is 8.79. The molecular weight excluding hydrogens is 368 g/mol. The highest BCUT2D eigenvalue weighted by molar-refractivity contribution is 6.12. The minimum Gasteiger partial charge on any atom is -0.480 e. The molecule has 0 aromatic heterocycles. The average Bonchev–Trinajstić information content (AvgIpc) is 2.93. The van der Waals surface area contributed by atoms with Crippen LogP contribution >= 0.6 is 0 Å². The third-order valence-corrected chi connectivity index (χ3v) is 3.95. The maximum atomic E-state index is 13.0. The van der Waals surface area contributed by atoms with Crippen LogP contribution in [0, 0.1) is 0 Å². The molecule has 0 aliphatic carbocycles. The molecule has 150 valence electrons. The van der Waals surface area contributed by atoms with E-state index in [2.05, 4.69) is 5.32 Å². The van der Waals surface area contributed by atoms with E-state index < -0.39 is 36.4 Å². The molecule has 1 heterocycles. The number of rotatable bonds is 9. The number of ether oxygens (including phenoxy) is 2. The smallest absolute Gasteiger partial charge is 0.339 e. The summed E-state index contributed by atoms with van der Waals surface area (Å²) in [4.78, 5) is 50.2. The summed E-state index contributed by atoms with van der Waals surface area (Å²) in [5.41, 5.74) is 0.213. The second-order valence-electron chi connectivity index (χ2n) is 5.83. The third kappa shape index (κ3) is 4.67. The van der Waals surface area contributed by atoms with Gasteiger partial charge in [-0.25, -0.2) is 9.59 Å². The fraction of sp³-hybridized carbons (Fsp3) is 0.368. The van der Waals surface area contributed by atoms with Crippen LogP contribution in [-0.2, 0) is 35.2 Å². The van der Waals surface area contributed by atoms with Gasteiger partial charge in [0.2, 0.25) is 0 Å². The lowest BCUT2D eigenvalue weighted by atomic mass is 10.1. The third-order valence-electron chi connectivity index (χ3n) is 3.95. The lowest BCUT2D eigenvalue weighted by Gasteiger charge is -2.24. The summed E-state index contributed by atoms with van der Waals surface area (Å²) in [6, 6.07) is 7.56. The Morgan fingerprint density at radius 1 is 1.11 bits per heavy atom. The monoisotopic (exact) mass is 390 g/mol. The number of hydrogen-bond acceptors (Lipinski definition) is 7. The molecule has 0 spiro atoms. The van der Waals surface area contributed by atoms with Crippen molar-refractivity contribution in [2.75, 3.05) is 19.8 Å². The van der Waals surface area contributed by atoms with Crippen LogP contribution in [0.1, 0.15) is 19.4 Å². The zero-order valence-electron chi connectivity index (χ0n) is 15.6. The number of carboxylic acids is 1. The van der Waals surface area contributed by atoms with Crippen molar-refractivity contribution in [3.63, 3.8) is 0 Å². The van der Waals surface area contributed by atoms with E-state index in [-0.39, 0.29) is 31.0 Å². The fourth-order valence-electron chi connectivity index (χ4n) is 2.84. The van der Waals surface area contributed by atoms with E-state index >= 15 is 0 Å². The number of aliphatic carboxylic acids is 1. The number of carbonyl (C=O) groups excluding carboxylic acids is 3. The normalized spacial score (nSPS) is 16.1. The summed E-state index contributed by atoms with van der Waals surface area (Å²) in [5.74, 6) is -3.57. The number of nitrogens with one attached hydrogen (secondary N) is 1. The zero-order chi connectivity index (χ0) is 20.7. The average molecular weight is 390 g/mol. The number of carbonyl (C=O) groups is 4. The van der Waals surface area contributed by atoms with Gasteiger partial charge in [0.1, 0.15) is 12.2 Å². The quantitative estimate of drug-likeness (QED) is 0.583. The molecular formula is C19H22N2O7. The SMILES string of the molecule is CCOC(=O)C1=C(NCC(=O)O)C(=O)N(Cc2ccccc2)C1C(=O)OCC. The highest BCUT2D eigenvalue weighted by Crippen LogP contribution is 2.29. The minimum atomic E-state index is -1.33. The Kier molecular flexibility index (Phi) is 7.14. The Balaban J connectivity index is 2.48. The van der Waals surface area contributed by atoms with E-state index in [4.69, 9.17) is 14.6 Å². The summed E-state index contributed by atoms with van der Waals surface area (Å²) in [6.07, 6.45) is 0. The van der Waals surface area contributed by atoms with Gasteiger partial charge in [0, 0.05) is 6.54 Å². The van der Waals surface area contributed by atoms with Gasteiger partial charge in [-0.1, -0.05) is 30.3 Å². The van der Waals surface area contributed by atoms with E-state index in [1.54, 1.807) is 44.2 Å². The maximum Gasteiger partial charge on any atom is 0.339 e. The number of benzene rings is 1. The van der Waals surface area contributed by atoms with Crippen LogP contribution in [-0.4, -0.2) is 59.6 Å². The van der Waals surface area contributed by atoms with Crippen molar-refractivity contribution in [1.29, 1.82) is 0 Å². The number of nitrogens with zero attached hydrogens (tertiary/aromatic N) is 1. The van der Waals surface area contributed by atoms with Crippen LogP contribution < -0.4 is 5.32 Å². The standard InChI is InChI=1S/C19H22N2O7/c1-3-27-18(25)14-15(20-10-13(22)23)17(24)21(16(14)19(26)28-4-2)11-12-8-6-5-7-9-12/h5-9,16,20H,3-4,10-11H2,1-2H3,(H,22,23). The molecule has 0 saturated carbocycles. The van der Waals surface area contributed by atoms with E-state index in [0.717, 1.165) is 5.56 Å². The summed E-state index contributed by atoms with van der Waals surface area (Å²) in [5, 5.41) is 11.4. The van der Waals surface area contributed by atoms with Gasteiger partial charge in [0.15, 0.2) is 6.04 Å². The topological polar surface area (TPSA) is 122 Å². The molecule has 1 amide bonds. The van der Waals surface area contributed by atoms with Crippen LogP contribution in [0.3, 0.4) is 0 Å². The second kappa shape index (κ2) is 9.54. The molecule has 1 unspecified atom stereocenters. The lowest BCUT2D eigenvalue weighted by molar-refractivity contribution is -0.153. The Labute approximate surface area is 161 Å². The Hall–Kier alpha value is -3.36. The maximum absolute atomic E-state index is 13.0. The van der Waals surface area contributed by atoms with E-state index in [0.29, 0.717) is 0 Å². The van der Waals surface area contributed by atoms with Crippen molar-refractivity contribution in [3.8, 4) is 0 Å². The summed E-state index contributed by atoms with van der Waals surface area (Å²) in [6.45, 7) is 2.70. The molecule has 1 aromatic carbocycles. The molecule has 1 aliphatic rings. The number of hydrogen-bond donors (Lipinski definition) is 2. The van der Waals surface area contributed by atoms with E-state index in [9.17, 15) is 19.2 Å². The summed E-state index contributed by atoms with van der Waals surface area (Å²) >= 11 is 0. The van der Waals surface area contributed by atoms with Crippen molar-refractivity contribution < 1.29 is 33.8 Å². The lowest BCUT2D eigenvalue weighted by Crippen LogP contribution is -2.43. The van der Waals surface area contributed by atoms with Gasteiger partial charge in [-0.3, -0.25) is 9.59 Å². The number of amides is 1. The predicted octanol–water partition coefficient (Wildman–Crippen LogP) is 0.452. The molecule has 2 rings (SSSR count). The van der Waals surface area contributed by atoms with Crippen molar-refractivity contribution in [3.05, 3.63) is 47.2 Å². The first kappa shape index (κ1) is 20.9. The molecule has 0 fully saturated rings. The highest BCUT2D eigenvalue weighted by atomic mass is 16.5. The molecule has 0 bridgehead atoms. The van der Waals surface area contributed by atoms with Crippen molar-refractivity contribution in [1.82, 2.24) is 10.2 Å². The van der Waals surface area contributed by atoms with Gasteiger partial charge in [-0.05, 0) is 19.4 Å².